The number of ether oxygens (including phenoxy) is 2. The van der Waals surface area contributed by atoms with Crippen LogP contribution in [0.15, 0.2) is 0 Å². The fourth-order valence-corrected chi connectivity index (χ4v) is 1.64. The Labute approximate surface area is 123 Å². The summed E-state index contributed by atoms with van der Waals surface area (Å²) in [6, 6.07) is 0. The number of carbonyl (C=O) groups excluding carboxylic acids is 2. The van der Waals surface area contributed by atoms with E-state index in [9.17, 15) is 14.7 Å². The number of esters is 1. The highest BCUT2D eigenvalue weighted by molar-refractivity contribution is 5.91. The summed E-state index contributed by atoms with van der Waals surface area (Å²) in [5, 5.41) is 12.4. The van der Waals surface area contributed by atoms with Gasteiger partial charge in [0.1, 0.15) is 5.60 Å². The van der Waals surface area contributed by atoms with Crippen LogP contribution in [0, 0.1) is 6.92 Å². The van der Waals surface area contributed by atoms with Crippen molar-refractivity contribution in [2.24, 2.45) is 0 Å². The first-order valence-electron chi connectivity index (χ1n) is 6.70. The van der Waals surface area contributed by atoms with Crippen molar-refractivity contribution in [3.05, 3.63) is 17.0 Å². The third-order valence-corrected chi connectivity index (χ3v) is 2.61. The molecule has 0 unspecified atom stereocenters. The van der Waals surface area contributed by atoms with Gasteiger partial charge in [0.15, 0.2) is 11.4 Å². The molecule has 0 radical (unpaired) electrons. The molecule has 0 saturated heterocycles. The van der Waals surface area contributed by atoms with E-state index in [-0.39, 0.29) is 24.6 Å². The van der Waals surface area contributed by atoms with Crippen LogP contribution in [0.4, 0.5) is 4.79 Å². The van der Waals surface area contributed by atoms with Gasteiger partial charge in [-0.2, -0.15) is 0 Å². The minimum atomic E-state index is -0.637. The van der Waals surface area contributed by atoms with Crippen LogP contribution in [0.5, 0.6) is 5.75 Å². The monoisotopic (exact) mass is 298 g/mol. The predicted octanol–water partition coefficient (Wildman–Crippen LogP) is 2.23. The molecule has 7 heteroatoms. The van der Waals surface area contributed by atoms with Crippen LogP contribution in [0.1, 0.15) is 49.4 Å². The van der Waals surface area contributed by atoms with E-state index >= 15 is 0 Å². The summed E-state index contributed by atoms with van der Waals surface area (Å²) in [5.74, 6) is -0.809. The van der Waals surface area contributed by atoms with Crippen LogP contribution in [-0.2, 0) is 16.0 Å². The van der Waals surface area contributed by atoms with Crippen LogP contribution in [0.2, 0.25) is 0 Å². The van der Waals surface area contributed by atoms with Crippen molar-refractivity contribution >= 4 is 12.1 Å². The van der Waals surface area contributed by atoms with Crippen molar-refractivity contribution in [1.82, 2.24) is 10.3 Å². The first-order valence-corrected chi connectivity index (χ1v) is 6.70. The number of hydrogen-bond acceptors (Lipinski definition) is 5. The van der Waals surface area contributed by atoms with E-state index < -0.39 is 17.7 Å². The van der Waals surface area contributed by atoms with Crippen molar-refractivity contribution in [2.45, 2.75) is 46.8 Å². The number of nitrogens with one attached hydrogen (secondary N) is 2. The molecule has 0 atom stereocenters. The molecule has 21 heavy (non-hydrogen) atoms. The maximum atomic E-state index is 11.6. The van der Waals surface area contributed by atoms with Gasteiger partial charge in [0.2, 0.25) is 0 Å². The van der Waals surface area contributed by atoms with Crippen LogP contribution < -0.4 is 5.32 Å². The smallest absolute Gasteiger partial charge is 0.407 e. The Hall–Kier alpha value is -2.18. The van der Waals surface area contributed by atoms with Crippen LogP contribution in [0.25, 0.3) is 0 Å². The minimum absolute atomic E-state index is 0.0182. The Morgan fingerprint density at radius 1 is 1.33 bits per heavy atom. The molecule has 1 aromatic heterocycles. The SMILES string of the molecule is CCOC(=O)c1[nH]c(CNC(=O)OC(C)(C)C)c(C)c1O. The summed E-state index contributed by atoms with van der Waals surface area (Å²) in [5.41, 5.74) is 0.387. The molecule has 0 fully saturated rings. The lowest BCUT2D eigenvalue weighted by atomic mass is 10.2. The van der Waals surface area contributed by atoms with Gasteiger partial charge in [0.25, 0.3) is 0 Å². The summed E-state index contributed by atoms with van der Waals surface area (Å²) in [4.78, 5) is 26.0. The van der Waals surface area contributed by atoms with Gasteiger partial charge in [-0.25, -0.2) is 9.59 Å². The number of carbonyl (C=O) groups is 2. The third-order valence-electron chi connectivity index (χ3n) is 2.61. The minimum Gasteiger partial charge on any atom is -0.505 e. The number of hydrogen-bond donors (Lipinski definition) is 3. The van der Waals surface area contributed by atoms with Crippen LogP contribution in [-0.4, -0.2) is 34.4 Å². The lowest BCUT2D eigenvalue weighted by Crippen LogP contribution is -2.32. The van der Waals surface area contributed by atoms with Gasteiger partial charge in [-0.15, -0.1) is 0 Å². The highest BCUT2D eigenvalue weighted by Crippen LogP contribution is 2.25. The summed E-state index contributed by atoms with van der Waals surface area (Å²) in [6.45, 7) is 8.91. The molecule has 0 bridgehead atoms. The molecule has 0 aromatic carbocycles. The summed E-state index contributed by atoms with van der Waals surface area (Å²) < 4.78 is 9.93. The standard InChI is InChI=1S/C14H22N2O5/c1-6-20-12(18)10-11(17)8(2)9(16-10)7-15-13(19)21-14(3,4)5/h16-17H,6-7H2,1-5H3,(H,15,19). The van der Waals surface area contributed by atoms with Gasteiger partial charge >= 0.3 is 12.1 Å². The molecular weight excluding hydrogens is 276 g/mol. The number of aromatic nitrogens is 1. The van der Waals surface area contributed by atoms with E-state index in [4.69, 9.17) is 9.47 Å². The van der Waals surface area contributed by atoms with Crippen molar-refractivity contribution < 1.29 is 24.2 Å². The number of aromatic amines is 1. The van der Waals surface area contributed by atoms with Gasteiger partial charge in [-0.3, -0.25) is 0 Å². The van der Waals surface area contributed by atoms with Crippen LogP contribution >= 0.6 is 0 Å². The molecule has 0 aliphatic carbocycles. The molecule has 3 N–H and O–H groups in total. The Bertz CT molecular complexity index is 528. The maximum Gasteiger partial charge on any atom is 0.407 e. The first kappa shape index (κ1) is 16.9. The fourth-order valence-electron chi connectivity index (χ4n) is 1.64. The topological polar surface area (TPSA) is 101 Å². The van der Waals surface area contributed by atoms with Crippen LogP contribution in [0.3, 0.4) is 0 Å². The number of alkyl carbamates (subject to hydrolysis) is 1. The normalized spacial score (nSPS) is 11.1. The highest BCUT2D eigenvalue weighted by atomic mass is 16.6. The number of rotatable bonds is 4. The largest absolute Gasteiger partial charge is 0.505 e. The zero-order valence-electron chi connectivity index (χ0n) is 13.0. The average Bonchev–Trinajstić information content (AvgIpc) is 2.62. The zero-order valence-corrected chi connectivity index (χ0v) is 13.0. The number of aromatic hydroxyl groups is 1. The van der Waals surface area contributed by atoms with Crippen molar-refractivity contribution in [1.29, 1.82) is 0 Å². The molecule has 1 amide bonds. The molecule has 118 valence electrons. The second-order valence-electron chi connectivity index (χ2n) is 5.53. The molecule has 0 aliphatic heterocycles. The van der Waals surface area contributed by atoms with Crippen molar-refractivity contribution in [2.75, 3.05) is 6.61 Å². The van der Waals surface area contributed by atoms with Crippen molar-refractivity contribution in [3.63, 3.8) is 0 Å². The zero-order chi connectivity index (χ0) is 16.2. The second kappa shape index (κ2) is 6.51. The molecule has 1 heterocycles. The highest BCUT2D eigenvalue weighted by Gasteiger charge is 2.21. The van der Waals surface area contributed by atoms with E-state index in [0.717, 1.165) is 0 Å². The molecule has 0 saturated carbocycles. The molecular formula is C14H22N2O5. The van der Waals surface area contributed by atoms with E-state index in [1.165, 1.54) is 0 Å². The predicted molar refractivity (Wildman–Crippen MR) is 76.2 cm³/mol. The summed E-state index contributed by atoms with van der Waals surface area (Å²) in [6.07, 6.45) is -0.575. The van der Waals surface area contributed by atoms with Gasteiger partial charge in [0.05, 0.1) is 13.2 Å². The Morgan fingerprint density at radius 3 is 2.48 bits per heavy atom. The van der Waals surface area contributed by atoms with Gasteiger partial charge in [0, 0.05) is 11.3 Å². The lowest BCUT2D eigenvalue weighted by Gasteiger charge is -2.19. The number of H-pyrrole nitrogens is 1. The van der Waals surface area contributed by atoms with Gasteiger partial charge in [-0.05, 0) is 34.6 Å². The quantitative estimate of drug-likeness (QED) is 0.740. The maximum absolute atomic E-state index is 11.6. The van der Waals surface area contributed by atoms with E-state index in [1.54, 1.807) is 34.6 Å². The van der Waals surface area contributed by atoms with E-state index in [1.807, 2.05) is 0 Å². The summed E-state index contributed by atoms with van der Waals surface area (Å²) in [7, 11) is 0. The van der Waals surface area contributed by atoms with E-state index in [2.05, 4.69) is 10.3 Å². The Kier molecular flexibility index (Phi) is 5.23. The van der Waals surface area contributed by atoms with Gasteiger partial charge < -0.3 is 24.9 Å². The average molecular weight is 298 g/mol. The van der Waals surface area contributed by atoms with Gasteiger partial charge in [-0.1, -0.05) is 0 Å². The molecule has 0 spiro atoms. The molecule has 0 aliphatic rings. The first-order chi connectivity index (χ1) is 9.65. The Morgan fingerprint density at radius 2 is 1.95 bits per heavy atom. The summed E-state index contributed by atoms with van der Waals surface area (Å²) >= 11 is 0. The number of amides is 1. The molecule has 7 nitrogen and oxygen atoms in total. The second-order valence-corrected chi connectivity index (χ2v) is 5.53. The molecule has 1 rings (SSSR count). The Balaban J connectivity index is 2.75. The fraction of sp³-hybridized carbons (Fsp3) is 0.571. The van der Waals surface area contributed by atoms with E-state index in [0.29, 0.717) is 11.3 Å². The molecule has 1 aromatic rings. The third kappa shape index (κ3) is 4.70. The van der Waals surface area contributed by atoms with Crippen molar-refractivity contribution in [3.8, 4) is 5.75 Å². The lowest BCUT2D eigenvalue weighted by molar-refractivity contribution is 0.0512.